The van der Waals surface area contributed by atoms with E-state index < -0.39 is 6.10 Å². The molecular formula is C17H17FN2O. The number of nitriles is 1. The Morgan fingerprint density at radius 3 is 2.62 bits per heavy atom. The lowest BCUT2D eigenvalue weighted by molar-refractivity contribution is 0.199. The SMILES string of the molecule is C[C@H](O)c1ccc(C#N)cc1N(C)Cc1ccccc1F. The molecule has 0 aliphatic carbocycles. The summed E-state index contributed by atoms with van der Waals surface area (Å²) in [7, 11) is 1.81. The molecule has 108 valence electrons. The lowest BCUT2D eigenvalue weighted by Crippen LogP contribution is -2.19. The third-order valence-corrected chi connectivity index (χ3v) is 3.39. The van der Waals surface area contributed by atoms with Crippen LogP contribution in [0.15, 0.2) is 42.5 Å². The molecular weight excluding hydrogens is 267 g/mol. The van der Waals surface area contributed by atoms with Gasteiger partial charge in [-0.2, -0.15) is 5.26 Å². The Balaban J connectivity index is 2.36. The van der Waals surface area contributed by atoms with Crippen molar-refractivity contribution in [2.45, 2.75) is 19.6 Å². The molecule has 1 atom stereocenters. The van der Waals surface area contributed by atoms with Crippen LogP contribution in [0.5, 0.6) is 0 Å². The Morgan fingerprint density at radius 2 is 2.00 bits per heavy atom. The second kappa shape index (κ2) is 6.38. The van der Waals surface area contributed by atoms with E-state index in [1.807, 2.05) is 11.9 Å². The van der Waals surface area contributed by atoms with Gasteiger partial charge in [0.25, 0.3) is 0 Å². The summed E-state index contributed by atoms with van der Waals surface area (Å²) in [6.07, 6.45) is -0.657. The molecule has 0 saturated carbocycles. The van der Waals surface area contributed by atoms with Crippen molar-refractivity contribution in [2.24, 2.45) is 0 Å². The Labute approximate surface area is 123 Å². The standard InChI is InChI=1S/C17H17FN2O/c1-12(21)15-8-7-13(10-19)9-17(15)20(2)11-14-5-3-4-6-16(14)18/h3-9,12,21H,11H2,1-2H3/t12-/m0/s1. The van der Waals surface area contributed by atoms with E-state index in [0.29, 0.717) is 23.2 Å². The normalized spacial score (nSPS) is 11.8. The summed E-state index contributed by atoms with van der Waals surface area (Å²) in [5, 5.41) is 18.9. The van der Waals surface area contributed by atoms with Crippen LogP contribution in [0.2, 0.25) is 0 Å². The number of anilines is 1. The summed E-state index contributed by atoms with van der Waals surface area (Å²) in [4.78, 5) is 1.83. The van der Waals surface area contributed by atoms with Crippen LogP contribution in [-0.4, -0.2) is 12.2 Å². The van der Waals surface area contributed by atoms with Gasteiger partial charge in [-0.05, 0) is 25.1 Å². The van der Waals surface area contributed by atoms with Gasteiger partial charge in [-0.1, -0.05) is 24.3 Å². The van der Waals surface area contributed by atoms with Crippen molar-refractivity contribution in [3.05, 3.63) is 65.0 Å². The monoisotopic (exact) mass is 284 g/mol. The van der Waals surface area contributed by atoms with Gasteiger partial charge in [0.05, 0.1) is 17.7 Å². The molecule has 0 bridgehead atoms. The van der Waals surface area contributed by atoms with E-state index in [-0.39, 0.29) is 5.82 Å². The largest absolute Gasteiger partial charge is 0.389 e. The molecule has 0 heterocycles. The van der Waals surface area contributed by atoms with Crippen molar-refractivity contribution in [3.63, 3.8) is 0 Å². The molecule has 3 nitrogen and oxygen atoms in total. The quantitative estimate of drug-likeness (QED) is 0.936. The summed E-state index contributed by atoms with van der Waals surface area (Å²) in [5.74, 6) is -0.264. The van der Waals surface area contributed by atoms with Crippen LogP contribution in [-0.2, 0) is 6.54 Å². The molecule has 0 aromatic heterocycles. The summed E-state index contributed by atoms with van der Waals surface area (Å²) in [6, 6.07) is 13.8. The molecule has 1 N–H and O–H groups in total. The highest BCUT2D eigenvalue weighted by Gasteiger charge is 2.14. The molecule has 0 aliphatic heterocycles. The maximum absolute atomic E-state index is 13.7. The third kappa shape index (κ3) is 3.39. The van der Waals surface area contributed by atoms with Crippen molar-refractivity contribution in [1.29, 1.82) is 5.26 Å². The van der Waals surface area contributed by atoms with E-state index in [1.54, 1.807) is 43.3 Å². The van der Waals surface area contributed by atoms with Crippen LogP contribution in [0.3, 0.4) is 0 Å². The lowest BCUT2D eigenvalue weighted by Gasteiger charge is -2.24. The second-order valence-corrected chi connectivity index (χ2v) is 5.01. The van der Waals surface area contributed by atoms with Crippen molar-refractivity contribution in [1.82, 2.24) is 0 Å². The number of aliphatic hydroxyl groups excluding tert-OH is 1. The molecule has 0 saturated heterocycles. The van der Waals surface area contributed by atoms with Crippen LogP contribution in [0.4, 0.5) is 10.1 Å². The minimum Gasteiger partial charge on any atom is -0.389 e. The van der Waals surface area contributed by atoms with E-state index in [0.717, 1.165) is 5.69 Å². The Morgan fingerprint density at radius 1 is 1.29 bits per heavy atom. The van der Waals surface area contributed by atoms with E-state index in [1.165, 1.54) is 6.07 Å². The number of hydrogen-bond acceptors (Lipinski definition) is 3. The lowest BCUT2D eigenvalue weighted by atomic mass is 10.0. The summed E-state index contributed by atoms with van der Waals surface area (Å²) >= 11 is 0. The first-order valence-corrected chi connectivity index (χ1v) is 6.69. The number of halogens is 1. The van der Waals surface area contributed by atoms with Crippen molar-refractivity contribution >= 4 is 5.69 Å². The zero-order valence-electron chi connectivity index (χ0n) is 12.0. The zero-order valence-corrected chi connectivity index (χ0v) is 12.0. The molecule has 0 aliphatic rings. The fourth-order valence-electron chi connectivity index (χ4n) is 2.26. The van der Waals surface area contributed by atoms with Gasteiger partial charge in [-0.3, -0.25) is 0 Å². The fourth-order valence-corrected chi connectivity index (χ4v) is 2.26. The molecule has 0 unspecified atom stereocenters. The molecule has 0 radical (unpaired) electrons. The van der Waals surface area contributed by atoms with E-state index in [9.17, 15) is 9.50 Å². The Bertz CT molecular complexity index is 677. The molecule has 0 spiro atoms. The minimum atomic E-state index is -0.657. The third-order valence-electron chi connectivity index (χ3n) is 3.39. The first-order chi connectivity index (χ1) is 10.0. The van der Waals surface area contributed by atoms with Crippen LogP contribution in [0.1, 0.15) is 29.7 Å². The molecule has 2 aromatic carbocycles. The number of rotatable bonds is 4. The molecule has 4 heteroatoms. The second-order valence-electron chi connectivity index (χ2n) is 5.01. The molecule has 21 heavy (non-hydrogen) atoms. The van der Waals surface area contributed by atoms with Crippen molar-refractivity contribution in [2.75, 3.05) is 11.9 Å². The topological polar surface area (TPSA) is 47.3 Å². The highest BCUT2D eigenvalue weighted by molar-refractivity contribution is 5.58. The summed E-state index contributed by atoms with van der Waals surface area (Å²) < 4.78 is 13.7. The molecule has 2 rings (SSSR count). The van der Waals surface area contributed by atoms with Crippen molar-refractivity contribution in [3.8, 4) is 6.07 Å². The number of hydrogen-bond donors (Lipinski definition) is 1. The number of benzene rings is 2. The minimum absolute atomic E-state index is 0.264. The van der Waals surface area contributed by atoms with Gasteiger partial charge in [0.2, 0.25) is 0 Å². The average molecular weight is 284 g/mol. The van der Waals surface area contributed by atoms with Gasteiger partial charge < -0.3 is 10.0 Å². The van der Waals surface area contributed by atoms with Gasteiger partial charge >= 0.3 is 0 Å². The predicted octanol–water partition coefficient (Wildman–Crippen LogP) is 3.39. The fraction of sp³-hybridized carbons (Fsp3) is 0.235. The van der Waals surface area contributed by atoms with Crippen LogP contribution < -0.4 is 4.90 Å². The predicted molar refractivity (Wildman–Crippen MR) is 80.3 cm³/mol. The Kier molecular flexibility index (Phi) is 4.56. The smallest absolute Gasteiger partial charge is 0.128 e. The first kappa shape index (κ1) is 15.0. The van der Waals surface area contributed by atoms with Crippen LogP contribution in [0.25, 0.3) is 0 Å². The summed E-state index contributed by atoms with van der Waals surface area (Å²) in [6.45, 7) is 2.03. The van der Waals surface area contributed by atoms with Gasteiger partial charge in [0, 0.05) is 30.4 Å². The van der Waals surface area contributed by atoms with Gasteiger partial charge in [-0.25, -0.2) is 4.39 Å². The highest BCUT2D eigenvalue weighted by atomic mass is 19.1. The number of aliphatic hydroxyl groups is 1. The first-order valence-electron chi connectivity index (χ1n) is 6.69. The van der Waals surface area contributed by atoms with E-state index in [4.69, 9.17) is 5.26 Å². The number of nitrogens with zero attached hydrogens (tertiary/aromatic N) is 2. The summed E-state index contributed by atoms with van der Waals surface area (Å²) in [5.41, 5.74) is 2.52. The van der Waals surface area contributed by atoms with E-state index in [2.05, 4.69) is 6.07 Å². The van der Waals surface area contributed by atoms with Gasteiger partial charge in [0.1, 0.15) is 5.82 Å². The molecule has 2 aromatic rings. The van der Waals surface area contributed by atoms with Gasteiger partial charge in [-0.15, -0.1) is 0 Å². The van der Waals surface area contributed by atoms with E-state index >= 15 is 0 Å². The maximum atomic E-state index is 13.7. The zero-order chi connectivity index (χ0) is 15.4. The Hall–Kier alpha value is -2.38. The highest BCUT2D eigenvalue weighted by Crippen LogP contribution is 2.28. The van der Waals surface area contributed by atoms with Gasteiger partial charge in [0.15, 0.2) is 0 Å². The maximum Gasteiger partial charge on any atom is 0.128 e. The molecule has 0 amide bonds. The molecule has 0 fully saturated rings. The van der Waals surface area contributed by atoms with Crippen LogP contribution in [0, 0.1) is 17.1 Å². The van der Waals surface area contributed by atoms with Crippen LogP contribution >= 0.6 is 0 Å². The average Bonchev–Trinajstić information content (AvgIpc) is 2.48. The van der Waals surface area contributed by atoms with Crippen molar-refractivity contribution < 1.29 is 9.50 Å².